The van der Waals surface area contributed by atoms with Crippen LogP contribution in [0.3, 0.4) is 0 Å². The average Bonchev–Trinajstić information content (AvgIpc) is 2.43. The van der Waals surface area contributed by atoms with Gasteiger partial charge in [-0.1, -0.05) is 6.07 Å². The molecule has 118 valence electrons. The van der Waals surface area contributed by atoms with Crippen LogP contribution in [0.25, 0.3) is 21.9 Å². The zero-order valence-corrected chi connectivity index (χ0v) is 11.7. The molecule has 0 fully saturated rings. The number of rotatable bonds is 1. The maximum atomic E-state index is 14.6. The molecule has 0 spiro atoms. The van der Waals surface area contributed by atoms with Gasteiger partial charge >= 0.3 is 0 Å². The number of fused-ring (bicyclic) bond motifs is 1. The summed E-state index contributed by atoms with van der Waals surface area (Å²) in [4.78, 5) is 0. The summed E-state index contributed by atoms with van der Waals surface area (Å²) < 4.78 is 82.3. The first-order valence-electron chi connectivity index (χ1n) is 6.52. The molecule has 0 aliphatic rings. The topological polar surface area (TPSA) is 0 Å². The second kappa shape index (κ2) is 5.30. The summed E-state index contributed by atoms with van der Waals surface area (Å²) in [6.07, 6.45) is 0. The van der Waals surface area contributed by atoms with Crippen LogP contribution in [0.4, 0.5) is 26.3 Å². The summed E-state index contributed by atoms with van der Waals surface area (Å²) in [6.45, 7) is 1.55. The van der Waals surface area contributed by atoms with E-state index in [4.69, 9.17) is 0 Å². The molecule has 0 bridgehead atoms. The fraction of sp³-hybridized carbons (Fsp3) is 0.0588. The van der Waals surface area contributed by atoms with Gasteiger partial charge in [-0.25, -0.2) is 26.3 Å². The third-order valence-corrected chi connectivity index (χ3v) is 3.50. The lowest BCUT2D eigenvalue weighted by molar-refractivity contribution is 0.447. The van der Waals surface area contributed by atoms with Crippen LogP contribution in [0.15, 0.2) is 30.3 Å². The third-order valence-electron chi connectivity index (χ3n) is 3.50. The summed E-state index contributed by atoms with van der Waals surface area (Å²) in [5, 5.41) is -0.526. The largest absolute Gasteiger partial charge is 0.206 e. The maximum absolute atomic E-state index is 14.6. The summed E-state index contributed by atoms with van der Waals surface area (Å²) in [6, 6.07) is 4.21. The fourth-order valence-electron chi connectivity index (χ4n) is 2.52. The summed E-state index contributed by atoms with van der Waals surface area (Å²) in [5.74, 6) is -8.31. The molecule has 0 N–H and O–H groups in total. The molecule has 0 aliphatic heterocycles. The standard InChI is InChI=1S/C17H8F6/c1-7-2-8-4-11(19)15(17(23)14(8)10(18)3-7)9-5-12(20)16(22)13(21)6-9/h2-6H,1H3. The molecule has 0 saturated heterocycles. The Bertz CT molecular complexity index is 923. The number of halogens is 6. The van der Waals surface area contributed by atoms with Crippen LogP contribution < -0.4 is 0 Å². The Morgan fingerprint density at radius 3 is 1.83 bits per heavy atom. The molecular formula is C17H8F6. The van der Waals surface area contributed by atoms with Crippen LogP contribution in [-0.2, 0) is 0 Å². The molecule has 3 rings (SSSR count). The van der Waals surface area contributed by atoms with E-state index in [1.54, 1.807) is 6.92 Å². The Kier molecular flexibility index (Phi) is 3.55. The van der Waals surface area contributed by atoms with E-state index in [2.05, 4.69) is 0 Å². The van der Waals surface area contributed by atoms with Gasteiger partial charge in [0.05, 0.1) is 10.9 Å². The highest BCUT2D eigenvalue weighted by atomic mass is 19.2. The first-order valence-corrected chi connectivity index (χ1v) is 6.52. The molecule has 3 aromatic carbocycles. The second-order valence-electron chi connectivity index (χ2n) is 5.15. The van der Waals surface area contributed by atoms with Crippen LogP contribution in [-0.4, -0.2) is 0 Å². The van der Waals surface area contributed by atoms with Gasteiger partial charge in [0.2, 0.25) is 0 Å². The van der Waals surface area contributed by atoms with E-state index in [1.807, 2.05) is 0 Å². The molecule has 6 heteroatoms. The zero-order chi connectivity index (χ0) is 16.9. The van der Waals surface area contributed by atoms with E-state index >= 15 is 0 Å². The van der Waals surface area contributed by atoms with Gasteiger partial charge in [0.25, 0.3) is 0 Å². The van der Waals surface area contributed by atoms with Crippen LogP contribution >= 0.6 is 0 Å². The number of hydrogen-bond acceptors (Lipinski definition) is 0. The molecular weight excluding hydrogens is 318 g/mol. The zero-order valence-electron chi connectivity index (χ0n) is 11.7. The Morgan fingerprint density at radius 2 is 1.22 bits per heavy atom. The molecule has 0 radical (unpaired) electrons. The lowest BCUT2D eigenvalue weighted by Crippen LogP contribution is -1.98. The smallest absolute Gasteiger partial charge is 0.194 e. The van der Waals surface area contributed by atoms with Crippen molar-refractivity contribution in [3.63, 3.8) is 0 Å². The van der Waals surface area contributed by atoms with Crippen molar-refractivity contribution in [2.45, 2.75) is 6.92 Å². The number of hydrogen-bond donors (Lipinski definition) is 0. The summed E-state index contributed by atoms with van der Waals surface area (Å²) >= 11 is 0. The van der Waals surface area contributed by atoms with Crippen molar-refractivity contribution >= 4 is 10.8 Å². The van der Waals surface area contributed by atoms with Crippen LogP contribution in [0.1, 0.15) is 5.56 Å². The first kappa shape index (κ1) is 15.4. The van der Waals surface area contributed by atoms with Crippen molar-refractivity contribution in [2.75, 3.05) is 0 Å². The SMILES string of the molecule is Cc1cc(F)c2c(F)c(-c3cc(F)c(F)c(F)c3)c(F)cc2c1. The van der Waals surface area contributed by atoms with Crippen molar-refractivity contribution < 1.29 is 26.3 Å². The predicted octanol–water partition coefficient (Wildman–Crippen LogP) is 5.65. The highest BCUT2D eigenvalue weighted by Gasteiger charge is 2.21. The average molecular weight is 326 g/mol. The van der Waals surface area contributed by atoms with E-state index in [9.17, 15) is 26.3 Å². The van der Waals surface area contributed by atoms with Crippen molar-refractivity contribution in [3.8, 4) is 11.1 Å². The first-order chi connectivity index (χ1) is 10.8. The highest BCUT2D eigenvalue weighted by Crippen LogP contribution is 2.34. The van der Waals surface area contributed by atoms with E-state index < -0.39 is 51.4 Å². The van der Waals surface area contributed by atoms with Crippen LogP contribution in [0.2, 0.25) is 0 Å². The van der Waals surface area contributed by atoms with Gasteiger partial charge in [0, 0.05) is 0 Å². The molecule has 0 nitrogen and oxygen atoms in total. The minimum atomic E-state index is -1.75. The Morgan fingerprint density at radius 1 is 0.609 bits per heavy atom. The van der Waals surface area contributed by atoms with Crippen LogP contribution in [0.5, 0.6) is 0 Å². The molecule has 23 heavy (non-hydrogen) atoms. The third kappa shape index (κ3) is 2.44. The van der Waals surface area contributed by atoms with Gasteiger partial charge in [-0.15, -0.1) is 0 Å². The van der Waals surface area contributed by atoms with E-state index in [0.717, 1.165) is 12.1 Å². The van der Waals surface area contributed by atoms with E-state index in [0.29, 0.717) is 17.7 Å². The molecule has 0 unspecified atom stereocenters. The molecule has 0 amide bonds. The van der Waals surface area contributed by atoms with Gasteiger partial charge in [-0.3, -0.25) is 0 Å². The molecule has 0 aromatic heterocycles. The van der Waals surface area contributed by atoms with E-state index in [-0.39, 0.29) is 5.39 Å². The second-order valence-corrected chi connectivity index (χ2v) is 5.15. The van der Waals surface area contributed by atoms with Crippen molar-refractivity contribution in [2.24, 2.45) is 0 Å². The molecule has 0 heterocycles. The van der Waals surface area contributed by atoms with Crippen molar-refractivity contribution in [1.29, 1.82) is 0 Å². The Hall–Kier alpha value is -2.50. The highest BCUT2D eigenvalue weighted by molar-refractivity contribution is 5.89. The van der Waals surface area contributed by atoms with E-state index in [1.165, 1.54) is 6.07 Å². The van der Waals surface area contributed by atoms with Gasteiger partial charge in [-0.05, 0) is 47.7 Å². The Labute approximate surface area is 127 Å². The molecule has 0 saturated carbocycles. The fourth-order valence-corrected chi connectivity index (χ4v) is 2.52. The quantitative estimate of drug-likeness (QED) is 0.400. The normalized spacial score (nSPS) is 11.3. The predicted molar refractivity (Wildman–Crippen MR) is 73.9 cm³/mol. The minimum Gasteiger partial charge on any atom is -0.206 e. The lowest BCUT2D eigenvalue weighted by Gasteiger charge is -2.11. The monoisotopic (exact) mass is 326 g/mol. The molecule has 3 aromatic rings. The van der Waals surface area contributed by atoms with Gasteiger partial charge in [-0.2, -0.15) is 0 Å². The van der Waals surface area contributed by atoms with Crippen molar-refractivity contribution in [3.05, 3.63) is 70.8 Å². The molecule has 0 aliphatic carbocycles. The van der Waals surface area contributed by atoms with Crippen LogP contribution in [0, 0.1) is 41.8 Å². The lowest BCUT2D eigenvalue weighted by atomic mass is 9.98. The number of aryl methyl sites for hydroxylation is 1. The minimum absolute atomic E-state index is 0.0238. The van der Waals surface area contributed by atoms with Gasteiger partial charge in [0.1, 0.15) is 17.5 Å². The Balaban J connectivity index is 2.39. The summed E-state index contributed by atoms with van der Waals surface area (Å²) in [7, 11) is 0. The van der Waals surface area contributed by atoms with Gasteiger partial charge < -0.3 is 0 Å². The summed E-state index contributed by atoms with van der Waals surface area (Å²) in [5.41, 5.74) is -0.920. The van der Waals surface area contributed by atoms with Crippen molar-refractivity contribution in [1.82, 2.24) is 0 Å². The number of benzene rings is 3. The maximum Gasteiger partial charge on any atom is 0.194 e. The molecule has 0 atom stereocenters. The van der Waals surface area contributed by atoms with Gasteiger partial charge in [0.15, 0.2) is 17.5 Å².